The van der Waals surface area contributed by atoms with E-state index in [1.165, 1.54) is 89.5 Å². The van der Waals surface area contributed by atoms with Gasteiger partial charge in [0.15, 0.2) is 11.9 Å². The van der Waals surface area contributed by atoms with Gasteiger partial charge in [0, 0.05) is 19.3 Å². The maximum atomic E-state index is 12.7. The Morgan fingerprint density at radius 1 is 0.576 bits per heavy atom. The molecule has 0 radical (unpaired) electrons. The van der Waals surface area contributed by atoms with Crippen molar-refractivity contribution in [1.82, 2.24) is 0 Å². The summed E-state index contributed by atoms with van der Waals surface area (Å²) in [7, 11) is 1.03. The molecule has 0 aromatic carbocycles. The zero-order valence-electron chi connectivity index (χ0n) is 37.9. The van der Waals surface area contributed by atoms with E-state index in [4.69, 9.17) is 18.5 Å². The number of ether oxygens (including phenoxy) is 2. The molecule has 0 fully saturated rings. The van der Waals surface area contributed by atoms with Gasteiger partial charge >= 0.3 is 11.9 Å². The van der Waals surface area contributed by atoms with Crippen molar-refractivity contribution in [2.75, 3.05) is 47.5 Å². The third-order valence-electron chi connectivity index (χ3n) is 9.49. The summed E-state index contributed by atoms with van der Waals surface area (Å²) < 4.78 is 33.7. The number of esters is 2. The maximum Gasteiger partial charge on any atom is 0.306 e. The Morgan fingerprint density at radius 3 is 1.71 bits per heavy atom. The molecule has 0 aliphatic rings. The van der Waals surface area contributed by atoms with E-state index in [1.807, 2.05) is 33.3 Å². The highest BCUT2D eigenvalue weighted by molar-refractivity contribution is 7.45. The average Bonchev–Trinajstić information content (AvgIpc) is 3.18. The molecule has 0 aromatic rings. The van der Waals surface area contributed by atoms with Crippen molar-refractivity contribution in [2.24, 2.45) is 0 Å². The first-order chi connectivity index (χ1) is 28.4. The first-order valence-corrected chi connectivity index (χ1v) is 24.4. The minimum Gasteiger partial charge on any atom is -0.756 e. The van der Waals surface area contributed by atoms with E-state index in [9.17, 15) is 23.8 Å². The topological polar surface area (TPSA) is 128 Å². The number of likely N-dealkylation sites (N-methyl/N-ethyl adjacent to an activating group) is 1. The number of carbonyl (C=O) groups is 3. The molecule has 0 heterocycles. The summed E-state index contributed by atoms with van der Waals surface area (Å²) in [6.07, 6.45) is 43.9. The lowest BCUT2D eigenvalue weighted by Gasteiger charge is -2.28. The summed E-state index contributed by atoms with van der Waals surface area (Å²) in [6, 6.07) is 0. The molecule has 11 heteroatoms. The van der Waals surface area contributed by atoms with E-state index in [0.717, 1.165) is 44.9 Å². The Hall–Kier alpha value is -2.62. The van der Waals surface area contributed by atoms with Crippen molar-refractivity contribution < 1.29 is 46.8 Å². The Balaban J connectivity index is 4.53. The van der Waals surface area contributed by atoms with Crippen molar-refractivity contribution >= 4 is 25.5 Å². The fraction of sp³-hybridized carbons (Fsp3) is 0.729. The van der Waals surface area contributed by atoms with Crippen LogP contribution in [0.1, 0.15) is 174 Å². The first-order valence-electron chi connectivity index (χ1n) is 22.9. The smallest absolute Gasteiger partial charge is 0.306 e. The van der Waals surface area contributed by atoms with Gasteiger partial charge < -0.3 is 27.9 Å². The largest absolute Gasteiger partial charge is 0.756 e. The number of allylic oxidation sites excluding steroid dienone is 10. The summed E-state index contributed by atoms with van der Waals surface area (Å²) in [5, 5.41) is 0. The van der Waals surface area contributed by atoms with E-state index in [2.05, 4.69) is 50.3 Å². The summed E-state index contributed by atoms with van der Waals surface area (Å²) in [4.78, 5) is 49.8. The molecule has 0 rings (SSSR count). The fourth-order valence-electron chi connectivity index (χ4n) is 5.84. The molecule has 340 valence electrons. The average molecular weight is 850 g/mol. The quantitative estimate of drug-likeness (QED) is 0.0112. The number of unbranched alkanes of at least 4 members (excludes halogenated alkanes) is 16. The Bertz CT molecular complexity index is 1250. The van der Waals surface area contributed by atoms with E-state index in [-0.39, 0.29) is 44.7 Å². The number of hydrogen-bond acceptors (Lipinski definition) is 9. The van der Waals surface area contributed by atoms with Gasteiger partial charge in [-0.25, -0.2) is 0 Å². The molecule has 0 aromatic heterocycles. The van der Waals surface area contributed by atoms with E-state index in [0.29, 0.717) is 17.4 Å². The Kier molecular flexibility index (Phi) is 37.8. The molecule has 0 amide bonds. The third-order valence-corrected chi connectivity index (χ3v) is 10.5. The van der Waals surface area contributed by atoms with Crippen LogP contribution in [-0.4, -0.2) is 75.8 Å². The first kappa shape index (κ1) is 56.4. The Labute approximate surface area is 360 Å². The van der Waals surface area contributed by atoms with Gasteiger partial charge in [0.25, 0.3) is 7.82 Å². The van der Waals surface area contributed by atoms with E-state index < -0.39 is 32.5 Å². The lowest BCUT2D eigenvalue weighted by Crippen LogP contribution is -2.37. The lowest BCUT2D eigenvalue weighted by atomic mass is 10.1. The van der Waals surface area contributed by atoms with Gasteiger partial charge in [-0.15, -0.1) is 0 Å². The summed E-state index contributed by atoms with van der Waals surface area (Å²) in [5.74, 6) is -1.20. The van der Waals surface area contributed by atoms with Gasteiger partial charge in [-0.2, -0.15) is 0 Å². The highest BCUT2D eigenvalue weighted by atomic mass is 31.2. The van der Waals surface area contributed by atoms with Gasteiger partial charge in [0.05, 0.1) is 27.7 Å². The molecule has 10 nitrogen and oxygen atoms in total. The second-order valence-corrected chi connectivity index (χ2v) is 17.9. The zero-order chi connectivity index (χ0) is 43.7. The second kappa shape index (κ2) is 39.5. The van der Waals surface area contributed by atoms with Crippen LogP contribution in [0.3, 0.4) is 0 Å². The van der Waals surface area contributed by atoms with Gasteiger partial charge in [-0.3, -0.25) is 18.9 Å². The lowest BCUT2D eigenvalue weighted by molar-refractivity contribution is -0.870. The second-order valence-electron chi connectivity index (χ2n) is 16.4. The van der Waals surface area contributed by atoms with Crippen molar-refractivity contribution in [3.05, 3.63) is 60.8 Å². The molecule has 0 saturated heterocycles. The highest BCUT2D eigenvalue weighted by Crippen LogP contribution is 2.38. The number of nitrogens with zero attached hydrogens (tertiary/aromatic N) is 1. The van der Waals surface area contributed by atoms with Crippen LogP contribution in [0.25, 0.3) is 0 Å². The van der Waals surface area contributed by atoms with Crippen molar-refractivity contribution in [3.63, 3.8) is 0 Å². The number of rotatable bonds is 41. The monoisotopic (exact) mass is 850 g/mol. The molecule has 1 unspecified atom stereocenters. The van der Waals surface area contributed by atoms with Crippen molar-refractivity contribution in [3.8, 4) is 0 Å². The normalized spacial score (nSPS) is 14.0. The van der Waals surface area contributed by atoms with E-state index in [1.54, 1.807) is 6.08 Å². The van der Waals surface area contributed by atoms with Gasteiger partial charge in [0.2, 0.25) is 0 Å². The summed E-state index contributed by atoms with van der Waals surface area (Å²) in [5.41, 5.74) is 0. The molecular weight excluding hydrogens is 765 g/mol. The third kappa shape index (κ3) is 43.3. The summed E-state index contributed by atoms with van der Waals surface area (Å²) >= 11 is 0. The standard InChI is InChI=1S/C48H84NO9P/c1-6-8-10-12-14-16-18-20-21-22-23-25-27-29-31-33-35-39-48(52)58-46(44-57-59(53,54)56-42-41-49(3,4)5)43-55-47(51)40-36-38-45(50)37-34-32-30-28-26-24-19-17-15-13-11-9-7-2/h15,17,20-21,24,26,30,32,34,37,46H,6-14,16,18-19,22-23,25,27-29,31,33,35-36,38-44H2,1-5H3/b17-15-,21-20-,26-24-,32-30-,37-34+/t46-/m1/s1. The van der Waals surface area contributed by atoms with Crippen molar-refractivity contribution in [1.29, 1.82) is 0 Å². The fourth-order valence-corrected chi connectivity index (χ4v) is 6.57. The molecule has 0 aliphatic heterocycles. The van der Waals surface area contributed by atoms with Crippen LogP contribution < -0.4 is 4.89 Å². The predicted molar refractivity (Wildman–Crippen MR) is 241 cm³/mol. The Morgan fingerprint density at radius 2 is 1.08 bits per heavy atom. The van der Waals surface area contributed by atoms with Crippen LogP contribution in [0.2, 0.25) is 0 Å². The summed E-state index contributed by atoms with van der Waals surface area (Å²) in [6.45, 7) is 3.90. The van der Waals surface area contributed by atoms with Crippen LogP contribution in [-0.2, 0) is 37.5 Å². The number of phosphoric acid groups is 1. The molecule has 0 aliphatic carbocycles. The predicted octanol–water partition coefficient (Wildman–Crippen LogP) is 11.8. The highest BCUT2D eigenvalue weighted by Gasteiger charge is 2.22. The van der Waals surface area contributed by atoms with Crippen LogP contribution in [0, 0.1) is 0 Å². The van der Waals surface area contributed by atoms with Crippen LogP contribution >= 0.6 is 7.82 Å². The van der Waals surface area contributed by atoms with Gasteiger partial charge in [0.1, 0.15) is 19.8 Å². The minimum absolute atomic E-state index is 0.0149. The van der Waals surface area contributed by atoms with Crippen LogP contribution in [0.5, 0.6) is 0 Å². The molecular formula is C48H84NO9P. The zero-order valence-corrected chi connectivity index (χ0v) is 38.8. The SMILES string of the molecule is CCCCC/C=C\C/C=C\C/C=C\C=C\C(=O)CCCC(=O)OC[C@H](COP(=O)([O-])OCC[N+](C)(C)C)OC(=O)CCCCCCCCC/C=C\CCCCCCCC. The number of phosphoric ester groups is 1. The minimum atomic E-state index is -4.68. The van der Waals surface area contributed by atoms with Crippen LogP contribution in [0.4, 0.5) is 0 Å². The molecule has 0 bridgehead atoms. The molecule has 0 N–H and O–H groups in total. The molecule has 0 spiro atoms. The van der Waals surface area contributed by atoms with Gasteiger partial charge in [-0.05, 0) is 70.3 Å². The van der Waals surface area contributed by atoms with E-state index >= 15 is 0 Å². The number of quaternary nitrogens is 1. The van der Waals surface area contributed by atoms with Gasteiger partial charge in [-0.1, -0.05) is 146 Å². The number of carbonyl (C=O) groups excluding carboxylic acids is 3. The molecule has 59 heavy (non-hydrogen) atoms. The maximum absolute atomic E-state index is 12.7. The van der Waals surface area contributed by atoms with Crippen LogP contribution in [0.15, 0.2) is 60.8 Å². The molecule has 2 atom stereocenters. The van der Waals surface area contributed by atoms with Crippen molar-refractivity contribution in [2.45, 2.75) is 180 Å². The number of ketones is 1. The number of hydrogen-bond donors (Lipinski definition) is 0. The molecule has 0 saturated carbocycles.